The number of anilines is 1. The van der Waals surface area contributed by atoms with Gasteiger partial charge in [-0.05, 0) is 11.6 Å². The number of aromatic amines is 1. The zero-order chi connectivity index (χ0) is 13.1. The van der Waals surface area contributed by atoms with E-state index in [2.05, 4.69) is 26.3 Å². The molecule has 1 aromatic carbocycles. The summed E-state index contributed by atoms with van der Waals surface area (Å²) in [6, 6.07) is 11.8. The Kier molecular flexibility index (Phi) is 2.83. The largest absolute Gasteiger partial charge is 0.366 e. The third-order valence-corrected chi connectivity index (χ3v) is 2.92. The van der Waals surface area contributed by atoms with Gasteiger partial charge >= 0.3 is 0 Å². The van der Waals surface area contributed by atoms with Crippen LogP contribution in [0.25, 0.3) is 10.9 Å². The van der Waals surface area contributed by atoms with E-state index >= 15 is 0 Å². The van der Waals surface area contributed by atoms with Crippen LogP contribution in [-0.4, -0.2) is 15.0 Å². The molecule has 5 nitrogen and oxygen atoms in total. The first-order chi connectivity index (χ1) is 9.36. The Morgan fingerprint density at radius 3 is 3.05 bits per heavy atom. The maximum absolute atomic E-state index is 8.78. The predicted molar refractivity (Wildman–Crippen MR) is 72.4 cm³/mol. The molecule has 92 valence electrons. The van der Waals surface area contributed by atoms with Crippen LogP contribution in [0.4, 0.5) is 5.82 Å². The molecule has 0 atom stereocenters. The van der Waals surface area contributed by atoms with E-state index in [1.165, 1.54) is 11.7 Å². The van der Waals surface area contributed by atoms with Crippen molar-refractivity contribution in [3.63, 3.8) is 0 Å². The van der Waals surface area contributed by atoms with Gasteiger partial charge in [0, 0.05) is 29.7 Å². The number of nitrogens with one attached hydrogen (secondary N) is 2. The molecular formula is C14H11N5. The number of benzene rings is 1. The zero-order valence-electron chi connectivity index (χ0n) is 10.1. The molecule has 0 bridgehead atoms. The van der Waals surface area contributed by atoms with E-state index < -0.39 is 0 Å². The number of aromatic nitrogens is 3. The summed E-state index contributed by atoms with van der Waals surface area (Å²) in [6.07, 6.45) is 3.36. The Bertz CT molecular complexity index is 754. The van der Waals surface area contributed by atoms with Crippen molar-refractivity contribution in [3.8, 4) is 6.07 Å². The summed E-state index contributed by atoms with van der Waals surface area (Å²) < 4.78 is 0. The second-order valence-corrected chi connectivity index (χ2v) is 4.11. The highest BCUT2D eigenvalue weighted by Gasteiger charge is 2.03. The lowest BCUT2D eigenvalue weighted by molar-refractivity contribution is 1.08. The molecule has 0 amide bonds. The topological polar surface area (TPSA) is 77.4 Å². The van der Waals surface area contributed by atoms with E-state index in [9.17, 15) is 0 Å². The predicted octanol–water partition coefficient (Wildman–Crippen LogP) is 2.44. The minimum atomic E-state index is 0.358. The van der Waals surface area contributed by atoms with Crippen molar-refractivity contribution in [2.24, 2.45) is 0 Å². The number of H-pyrrole nitrogens is 1. The monoisotopic (exact) mass is 249 g/mol. The molecule has 19 heavy (non-hydrogen) atoms. The summed E-state index contributed by atoms with van der Waals surface area (Å²) in [5.41, 5.74) is 2.63. The van der Waals surface area contributed by atoms with Crippen LogP contribution < -0.4 is 5.32 Å². The molecular weight excluding hydrogens is 238 g/mol. The number of fused-ring (bicyclic) bond motifs is 1. The smallest absolute Gasteiger partial charge is 0.145 e. The van der Waals surface area contributed by atoms with Gasteiger partial charge in [0.1, 0.15) is 23.9 Å². The quantitative estimate of drug-likeness (QED) is 0.747. The third kappa shape index (κ3) is 2.24. The Labute approximate surface area is 109 Å². The van der Waals surface area contributed by atoms with Gasteiger partial charge in [-0.25, -0.2) is 9.97 Å². The van der Waals surface area contributed by atoms with Crippen molar-refractivity contribution in [2.75, 3.05) is 5.32 Å². The molecule has 5 heteroatoms. The Hall–Kier alpha value is -2.87. The molecule has 0 aliphatic carbocycles. The summed E-state index contributed by atoms with van der Waals surface area (Å²) in [5, 5.41) is 13.2. The highest BCUT2D eigenvalue weighted by molar-refractivity contribution is 5.83. The lowest BCUT2D eigenvalue weighted by Gasteiger charge is -2.04. The van der Waals surface area contributed by atoms with Gasteiger partial charge in [-0.2, -0.15) is 5.26 Å². The fourth-order valence-corrected chi connectivity index (χ4v) is 1.98. The Balaban J connectivity index is 1.81. The van der Waals surface area contributed by atoms with Crippen molar-refractivity contribution in [1.29, 1.82) is 5.26 Å². The normalized spacial score (nSPS) is 10.3. The molecule has 2 N–H and O–H groups in total. The van der Waals surface area contributed by atoms with Gasteiger partial charge in [0.2, 0.25) is 0 Å². The van der Waals surface area contributed by atoms with Crippen LogP contribution >= 0.6 is 0 Å². The van der Waals surface area contributed by atoms with E-state index in [1.807, 2.05) is 30.5 Å². The highest BCUT2D eigenvalue weighted by Crippen LogP contribution is 2.18. The van der Waals surface area contributed by atoms with Gasteiger partial charge in [0.05, 0.1) is 0 Å². The molecule has 0 saturated heterocycles. The van der Waals surface area contributed by atoms with E-state index in [1.54, 1.807) is 6.07 Å². The number of rotatable bonds is 3. The van der Waals surface area contributed by atoms with Gasteiger partial charge in [0.15, 0.2) is 0 Å². The first-order valence-electron chi connectivity index (χ1n) is 5.88. The molecule has 2 aromatic heterocycles. The average molecular weight is 249 g/mol. The van der Waals surface area contributed by atoms with E-state index in [-0.39, 0.29) is 0 Å². The fourth-order valence-electron chi connectivity index (χ4n) is 1.98. The van der Waals surface area contributed by atoms with Gasteiger partial charge in [-0.1, -0.05) is 18.2 Å². The van der Waals surface area contributed by atoms with Crippen molar-refractivity contribution in [2.45, 2.75) is 6.54 Å². The fraction of sp³-hybridized carbons (Fsp3) is 0.0714. The standard InChI is InChI=1S/C14H11N5/c15-6-11-5-14(19-9-18-11)17-8-10-7-16-13-4-2-1-3-12(10)13/h1-5,7,9,16H,8H2,(H,17,18,19). The summed E-state index contributed by atoms with van der Waals surface area (Å²) in [7, 11) is 0. The maximum atomic E-state index is 8.78. The number of hydrogen-bond donors (Lipinski definition) is 2. The molecule has 0 unspecified atom stereocenters. The average Bonchev–Trinajstić information content (AvgIpc) is 2.89. The third-order valence-electron chi connectivity index (χ3n) is 2.92. The zero-order valence-corrected chi connectivity index (χ0v) is 10.1. The second kappa shape index (κ2) is 4.78. The molecule has 0 spiro atoms. The van der Waals surface area contributed by atoms with Crippen LogP contribution in [-0.2, 0) is 6.54 Å². The van der Waals surface area contributed by atoms with Crippen LogP contribution in [0.15, 0.2) is 42.9 Å². The van der Waals surface area contributed by atoms with Crippen molar-refractivity contribution in [3.05, 3.63) is 54.1 Å². The first kappa shape index (κ1) is 11.2. The molecule has 3 aromatic rings. The molecule has 0 fully saturated rings. The van der Waals surface area contributed by atoms with Crippen molar-refractivity contribution >= 4 is 16.7 Å². The number of para-hydroxylation sites is 1. The van der Waals surface area contributed by atoms with Crippen LogP contribution in [0.1, 0.15) is 11.3 Å². The van der Waals surface area contributed by atoms with E-state index in [0.717, 1.165) is 11.1 Å². The summed E-state index contributed by atoms with van der Waals surface area (Å²) in [4.78, 5) is 11.1. The molecule has 0 aliphatic heterocycles. The summed E-state index contributed by atoms with van der Waals surface area (Å²) in [6.45, 7) is 0.645. The lowest BCUT2D eigenvalue weighted by atomic mass is 10.2. The molecule has 0 aliphatic rings. The minimum absolute atomic E-state index is 0.358. The molecule has 3 rings (SSSR count). The second-order valence-electron chi connectivity index (χ2n) is 4.11. The van der Waals surface area contributed by atoms with Crippen molar-refractivity contribution in [1.82, 2.24) is 15.0 Å². The molecule has 0 saturated carbocycles. The summed E-state index contributed by atoms with van der Waals surface area (Å²) in [5.74, 6) is 0.650. The van der Waals surface area contributed by atoms with Crippen LogP contribution in [0.3, 0.4) is 0 Å². The Morgan fingerprint density at radius 1 is 1.26 bits per heavy atom. The maximum Gasteiger partial charge on any atom is 0.145 e. The van der Waals surface area contributed by atoms with Crippen LogP contribution in [0.5, 0.6) is 0 Å². The first-order valence-corrected chi connectivity index (χ1v) is 5.88. The van der Waals surface area contributed by atoms with E-state index in [4.69, 9.17) is 5.26 Å². The van der Waals surface area contributed by atoms with Gasteiger partial charge < -0.3 is 10.3 Å². The molecule has 0 radical (unpaired) electrons. The van der Waals surface area contributed by atoms with Crippen molar-refractivity contribution < 1.29 is 0 Å². The van der Waals surface area contributed by atoms with Gasteiger partial charge in [-0.15, -0.1) is 0 Å². The summed E-state index contributed by atoms with van der Waals surface area (Å²) >= 11 is 0. The number of hydrogen-bond acceptors (Lipinski definition) is 4. The Morgan fingerprint density at radius 2 is 2.16 bits per heavy atom. The minimum Gasteiger partial charge on any atom is -0.366 e. The number of nitriles is 1. The van der Waals surface area contributed by atoms with Crippen LogP contribution in [0.2, 0.25) is 0 Å². The SMILES string of the molecule is N#Cc1cc(NCc2c[nH]c3ccccc23)ncn1. The van der Waals surface area contributed by atoms with Gasteiger partial charge in [-0.3, -0.25) is 0 Å². The lowest BCUT2D eigenvalue weighted by Crippen LogP contribution is -2.01. The van der Waals surface area contributed by atoms with Gasteiger partial charge in [0.25, 0.3) is 0 Å². The van der Waals surface area contributed by atoms with E-state index in [0.29, 0.717) is 18.1 Å². The molecule has 2 heterocycles. The highest BCUT2D eigenvalue weighted by atomic mass is 15.0. The number of nitrogens with zero attached hydrogens (tertiary/aromatic N) is 3. The van der Waals surface area contributed by atoms with Crippen LogP contribution in [0, 0.1) is 11.3 Å².